The molecule has 2 aliphatic heterocycles. The van der Waals surface area contributed by atoms with Crippen molar-refractivity contribution in [3.63, 3.8) is 0 Å². The van der Waals surface area contributed by atoms with Crippen molar-refractivity contribution in [1.29, 1.82) is 0 Å². The third-order valence-electron chi connectivity index (χ3n) is 4.01. The lowest BCUT2D eigenvalue weighted by Crippen LogP contribution is -2.48. The van der Waals surface area contributed by atoms with Gasteiger partial charge in [-0.25, -0.2) is 9.69 Å². The summed E-state index contributed by atoms with van der Waals surface area (Å²) in [6, 6.07) is 6.19. The van der Waals surface area contributed by atoms with Crippen LogP contribution in [0.15, 0.2) is 34.7 Å². The van der Waals surface area contributed by atoms with Gasteiger partial charge in [0.25, 0.3) is 5.91 Å². The van der Waals surface area contributed by atoms with E-state index in [9.17, 15) is 19.3 Å². The fourth-order valence-corrected chi connectivity index (χ4v) is 3.10. The van der Waals surface area contributed by atoms with E-state index in [2.05, 4.69) is 10.4 Å². The number of hydrogen-bond donors (Lipinski definition) is 0. The van der Waals surface area contributed by atoms with Crippen LogP contribution in [0.3, 0.4) is 0 Å². The first kappa shape index (κ1) is 17.0. The van der Waals surface area contributed by atoms with Crippen molar-refractivity contribution < 1.29 is 19.1 Å². The van der Waals surface area contributed by atoms with Gasteiger partial charge in [0, 0.05) is 11.4 Å². The van der Waals surface area contributed by atoms with Crippen molar-refractivity contribution in [2.24, 2.45) is 10.4 Å². The fraction of sp³-hybridized carbons (Fsp3) is 0.333. The van der Waals surface area contributed by atoms with E-state index in [4.69, 9.17) is 16.3 Å². The molecule has 1 saturated heterocycles. The van der Waals surface area contributed by atoms with Gasteiger partial charge in [0.15, 0.2) is 11.3 Å². The first-order valence-corrected chi connectivity index (χ1v) is 7.82. The van der Waals surface area contributed by atoms with Crippen molar-refractivity contribution >= 4 is 40.8 Å². The van der Waals surface area contributed by atoms with Gasteiger partial charge < -0.3 is 4.74 Å². The summed E-state index contributed by atoms with van der Waals surface area (Å²) in [5.41, 5.74) is -1.51. The lowest BCUT2D eigenvalue weighted by Gasteiger charge is -2.24. The smallest absolute Gasteiger partial charge is 0.354 e. The standard InChI is InChI=1S/C15H13ClN4O5/c1-2-25-13(22)11-7-15(20(17-11)18-24)8-12(21)19(14(15)23)10-5-3-4-9(16)6-10/h3-6H,2,7-8H2,1H3. The Hall–Kier alpha value is -2.81. The van der Waals surface area contributed by atoms with E-state index >= 15 is 0 Å². The fourth-order valence-electron chi connectivity index (χ4n) is 2.91. The van der Waals surface area contributed by atoms with E-state index in [-0.39, 0.29) is 30.8 Å². The molecule has 0 radical (unpaired) electrons. The van der Waals surface area contributed by atoms with Crippen LogP contribution in [0.25, 0.3) is 0 Å². The lowest BCUT2D eigenvalue weighted by molar-refractivity contribution is -0.135. The third kappa shape index (κ3) is 2.66. The van der Waals surface area contributed by atoms with Crippen molar-refractivity contribution in [3.05, 3.63) is 34.2 Å². The number of carbonyl (C=O) groups is 3. The van der Waals surface area contributed by atoms with E-state index in [0.717, 1.165) is 4.90 Å². The van der Waals surface area contributed by atoms with Crippen LogP contribution >= 0.6 is 11.6 Å². The third-order valence-corrected chi connectivity index (χ3v) is 4.24. The highest BCUT2D eigenvalue weighted by Crippen LogP contribution is 2.41. The van der Waals surface area contributed by atoms with Gasteiger partial charge in [-0.15, -0.1) is 15.1 Å². The topological polar surface area (TPSA) is 109 Å². The average molecular weight is 365 g/mol. The zero-order valence-electron chi connectivity index (χ0n) is 13.1. The number of benzene rings is 1. The molecule has 25 heavy (non-hydrogen) atoms. The van der Waals surface area contributed by atoms with Crippen molar-refractivity contribution in [2.45, 2.75) is 25.3 Å². The molecule has 1 unspecified atom stereocenters. The van der Waals surface area contributed by atoms with E-state index in [1.54, 1.807) is 25.1 Å². The van der Waals surface area contributed by atoms with Gasteiger partial charge in [0.1, 0.15) is 0 Å². The summed E-state index contributed by atoms with van der Waals surface area (Å²) in [5, 5.41) is 7.40. The van der Waals surface area contributed by atoms with Gasteiger partial charge >= 0.3 is 5.97 Å². The molecule has 1 aromatic carbocycles. The summed E-state index contributed by atoms with van der Waals surface area (Å²) in [6.07, 6.45) is -0.574. The Morgan fingerprint density at radius 2 is 2.16 bits per heavy atom. The molecular formula is C15H13ClN4O5. The minimum Gasteiger partial charge on any atom is -0.461 e. The van der Waals surface area contributed by atoms with Crippen LogP contribution in [-0.4, -0.2) is 40.8 Å². The van der Waals surface area contributed by atoms with Crippen LogP contribution < -0.4 is 4.90 Å². The van der Waals surface area contributed by atoms with Crippen LogP contribution in [0.2, 0.25) is 5.02 Å². The molecule has 3 rings (SSSR count). The highest BCUT2D eigenvalue weighted by Gasteiger charge is 2.61. The van der Waals surface area contributed by atoms with Gasteiger partial charge in [-0.3, -0.25) is 9.59 Å². The van der Waals surface area contributed by atoms with Gasteiger partial charge in [0.2, 0.25) is 5.91 Å². The number of carbonyl (C=O) groups excluding carboxylic acids is 3. The molecule has 10 heteroatoms. The number of rotatable bonds is 4. The number of halogens is 1. The van der Waals surface area contributed by atoms with Gasteiger partial charge in [-0.2, -0.15) is 0 Å². The minimum absolute atomic E-state index is 0.112. The van der Waals surface area contributed by atoms with Crippen molar-refractivity contribution in [3.8, 4) is 0 Å². The summed E-state index contributed by atoms with van der Waals surface area (Å²) in [5.74, 6) is -1.99. The Labute approximate surface area is 147 Å². The highest BCUT2D eigenvalue weighted by atomic mass is 35.5. The SMILES string of the molecule is CCOC(=O)C1=NN(N=O)C2(CC(=O)N(c3cccc(Cl)c3)C2=O)C1. The molecule has 1 atom stereocenters. The van der Waals surface area contributed by atoms with E-state index in [0.29, 0.717) is 10.1 Å². The molecule has 0 N–H and O–H groups in total. The number of hydrazone groups is 1. The van der Waals surface area contributed by atoms with Gasteiger partial charge in [-0.05, 0) is 25.1 Å². The van der Waals surface area contributed by atoms with Gasteiger partial charge in [-0.1, -0.05) is 17.7 Å². The zero-order valence-corrected chi connectivity index (χ0v) is 13.9. The van der Waals surface area contributed by atoms with Crippen LogP contribution in [0.5, 0.6) is 0 Å². The van der Waals surface area contributed by atoms with Crippen LogP contribution in [0.4, 0.5) is 5.69 Å². The molecule has 2 heterocycles. The normalized spacial score (nSPS) is 22.6. The largest absolute Gasteiger partial charge is 0.461 e. The number of hydrogen-bond acceptors (Lipinski definition) is 7. The van der Waals surface area contributed by atoms with Crippen LogP contribution in [0.1, 0.15) is 19.8 Å². The summed E-state index contributed by atoms with van der Waals surface area (Å²) >= 11 is 5.91. The number of nitrogens with zero attached hydrogens (tertiary/aromatic N) is 4. The monoisotopic (exact) mass is 364 g/mol. The molecule has 9 nitrogen and oxygen atoms in total. The molecular weight excluding hydrogens is 352 g/mol. The Morgan fingerprint density at radius 1 is 1.40 bits per heavy atom. The Kier molecular flexibility index (Phi) is 4.25. The molecule has 0 saturated carbocycles. The quantitative estimate of drug-likeness (QED) is 0.456. The molecule has 2 aliphatic rings. The number of anilines is 1. The average Bonchev–Trinajstić information content (AvgIpc) is 3.06. The molecule has 0 aliphatic carbocycles. The molecule has 0 bridgehead atoms. The Bertz CT molecular complexity index is 811. The van der Waals surface area contributed by atoms with Crippen molar-refractivity contribution in [2.75, 3.05) is 11.5 Å². The molecule has 1 aromatic rings. The molecule has 1 fully saturated rings. The summed E-state index contributed by atoms with van der Waals surface area (Å²) in [7, 11) is 0. The van der Waals surface area contributed by atoms with Crippen LogP contribution in [-0.2, 0) is 19.1 Å². The lowest BCUT2D eigenvalue weighted by atomic mass is 9.92. The van der Waals surface area contributed by atoms with Crippen molar-refractivity contribution in [1.82, 2.24) is 5.12 Å². The summed E-state index contributed by atoms with van der Waals surface area (Å²) in [6.45, 7) is 1.73. The van der Waals surface area contributed by atoms with E-state index in [1.165, 1.54) is 6.07 Å². The second-order valence-electron chi connectivity index (χ2n) is 5.54. The molecule has 1 spiro atoms. The second kappa shape index (κ2) is 6.25. The summed E-state index contributed by atoms with van der Waals surface area (Å²) in [4.78, 5) is 49.4. The first-order valence-electron chi connectivity index (χ1n) is 7.44. The molecule has 0 aromatic heterocycles. The number of amides is 2. The predicted molar refractivity (Wildman–Crippen MR) is 87.6 cm³/mol. The first-order chi connectivity index (χ1) is 11.9. The molecule has 2 amide bonds. The number of esters is 1. The number of nitroso groups, excluding NO2 is 1. The predicted octanol–water partition coefficient (Wildman–Crippen LogP) is 1.65. The maximum atomic E-state index is 12.9. The van der Waals surface area contributed by atoms with Crippen LogP contribution in [0, 0.1) is 4.91 Å². The number of imide groups is 1. The Morgan fingerprint density at radius 3 is 2.80 bits per heavy atom. The summed E-state index contributed by atoms with van der Waals surface area (Å²) < 4.78 is 4.84. The minimum atomic E-state index is -1.65. The van der Waals surface area contributed by atoms with E-state index in [1.807, 2.05) is 0 Å². The maximum absolute atomic E-state index is 12.9. The maximum Gasteiger partial charge on any atom is 0.354 e. The van der Waals surface area contributed by atoms with Gasteiger partial charge in [0.05, 0.1) is 24.0 Å². The number of ether oxygens (including phenoxy) is 1. The molecule has 130 valence electrons. The second-order valence-corrected chi connectivity index (χ2v) is 5.97. The zero-order chi connectivity index (χ0) is 18.2. The highest BCUT2D eigenvalue weighted by molar-refractivity contribution is 6.39. The van der Waals surface area contributed by atoms with E-state index < -0.39 is 23.3 Å². The Balaban J connectivity index is 1.95.